The van der Waals surface area contributed by atoms with Crippen LogP contribution >= 0.6 is 0 Å². The fourth-order valence-electron chi connectivity index (χ4n) is 1.64. The van der Waals surface area contributed by atoms with Gasteiger partial charge in [0, 0.05) is 5.56 Å². The van der Waals surface area contributed by atoms with Gasteiger partial charge in [0.25, 0.3) is 0 Å². The Morgan fingerprint density at radius 2 is 1.94 bits per heavy atom. The lowest BCUT2D eigenvalue weighted by Gasteiger charge is -2.35. The molecule has 0 aromatic carbocycles. The SMILES string of the molecule is C=C(C)c1coc([Si](C)(C)C(C)(C)C)c1C=O. The molecule has 0 saturated heterocycles. The van der Waals surface area contributed by atoms with Crippen molar-refractivity contribution >= 4 is 25.3 Å². The van der Waals surface area contributed by atoms with Crippen molar-refractivity contribution < 1.29 is 9.21 Å². The van der Waals surface area contributed by atoms with Crippen molar-refractivity contribution in [3.05, 3.63) is 24.0 Å². The molecule has 0 fully saturated rings. The highest BCUT2D eigenvalue weighted by molar-refractivity contribution is 6.91. The summed E-state index contributed by atoms with van der Waals surface area (Å²) in [6, 6.07) is 0. The van der Waals surface area contributed by atoms with Gasteiger partial charge in [-0.05, 0) is 17.5 Å². The average molecular weight is 250 g/mol. The first kappa shape index (κ1) is 14.0. The topological polar surface area (TPSA) is 30.2 Å². The summed E-state index contributed by atoms with van der Waals surface area (Å²) in [5, 5.41) is 1.03. The van der Waals surface area contributed by atoms with E-state index in [4.69, 9.17) is 4.42 Å². The van der Waals surface area contributed by atoms with Crippen LogP contribution in [-0.2, 0) is 0 Å². The van der Waals surface area contributed by atoms with Crippen LogP contribution in [0.15, 0.2) is 17.3 Å². The zero-order valence-corrected chi connectivity index (χ0v) is 12.7. The van der Waals surface area contributed by atoms with Crippen molar-refractivity contribution in [2.75, 3.05) is 0 Å². The number of hydrogen-bond acceptors (Lipinski definition) is 2. The van der Waals surface area contributed by atoms with Gasteiger partial charge in [0.1, 0.15) is 8.07 Å². The predicted molar refractivity (Wildman–Crippen MR) is 75.6 cm³/mol. The first-order valence-electron chi connectivity index (χ1n) is 5.86. The number of rotatable bonds is 3. The van der Waals surface area contributed by atoms with Gasteiger partial charge >= 0.3 is 0 Å². The zero-order valence-electron chi connectivity index (χ0n) is 11.7. The molecule has 0 bridgehead atoms. The molecule has 1 heterocycles. The molecular weight excluding hydrogens is 228 g/mol. The molecule has 0 aliphatic carbocycles. The molecule has 0 aliphatic rings. The summed E-state index contributed by atoms with van der Waals surface area (Å²) in [6.45, 7) is 16.9. The molecule has 0 aliphatic heterocycles. The number of furan rings is 1. The van der Waals surface area contributed by atoms with Crippen LogP contribution in [0.3, 0.4) is 0 Å². The third-order valence-corrected chi connectivity index (χ3v) is 9.12. The van der Waals surface area contributed by atoms with Crippen molar-refractivity contribution in [1.82, 2.24) is 0 Å². The summed E-state index contributed by atoms with van der Waals surface area (Å²) >= 11 is 0. The lowest BCUT2D eigenvalue weighted by molar-refractivity contribution is 0.112. The highest BCUT2D eigenvalue weighted by atomic mass is 28.3. The van der Waals surface area contributed by atoms with Gasteiger partial charge in [-0.2, -0.15) is 0 Å². The highest BCUT2D eigenvalue weighted by Gasteiger charge is 2.42. The van der Waals surface area contributed by atoms with E-state index in [0.29, 0.717) is 5.56 Å². The average Bonchev–Trinajstić information content (AvgIpc) is 2.59. The van der Waals surface area contributed by atoms with Gasteiger partial charge in [-0.25, -0.2) is 0 Å². The Labute approximate surface area is 105 Å². The summed E-state index contributed by atoms with van der Waals surface area (Å²) in [6.07, 6.45) is 2.57. The Morgan fingerprint density at radius 3 is 2.29 bits per heavy atom. The third kappa shape index (κ3) is 2.29. The van der Waals surface area contributed by atoms with E-state index < -0.39 is 8.07 Å². The second kappa shape index (κ2) is 4.30. The maximum absolute atomic E-state index is 11.3. The minimum Gasteiger partial charge on any atom is -0.473 e. The molecule has 0 N–H and O–H groups in total. The molecule has 1 aromatic rings. The van der Waals surface area contributed by atoms with Crippen molar-refractivity contribution in [2.24, 2.45) is 0 Å². The van der Waals surface area contributed by atoms with E-state index in [-0.39, 0.29) is 5.04 Å². The lowest BCUT2D eigenvalue weighted by atomic mass is 10.1. The second-order valence-electron chi connectivity index (χ2n) is 6.17. The summed E-state index contributed by atoms with van der Waals surface area (Å²) in [5.74, 6) is 0. The molecular formula is C14H22O2Si. The van der Waals surface area contributed by atoms with E-state index in [1.54, 1.807) is 6.26 Å². The molecule has 1 rings (SSSR count). The predicted octanol–water partition coefficient (Wildman–Crippen LogP) is 3.84. The van der Waals surface area contributed by atoms with E-state index >= 15 is 0 Å². The number of allylic oxidation sites excluding steroid dienone is 1. The monoisotopic (exact) mass is 250 g/mol. The molecule has 2 nitrogen and oxygen atoms in total. The van der Waals surface area contributed by atoms with Crippen LogP contribution in [0.2, 0.25) is 18.1 Å². The molecule has 0 spiro atoms. The van der Waals surface area contributed by atoms with Crippen LogP contribution in [0, 0.1) is 0 Å². The van der Waals surface area contributed by atoms with E-state index in [9.17, 15) is 4.79 Å². The Balaban J connectivity index is 3.43. The summed E-state index contributed by atoms with van der Waals surface area (Å²) in [4.78, 5) is 11.3. The second-order valence-corrected chi connectivity index (χ2v) is 11.4. The maximum atomic E-state index is 11.3. The normalized spacial score (nSPS) is 12.6. The molecule has 0 atom stereocenters. The molecule has 3 heteroatoms. The minimum absolute atomic E-state index is 0.148. The molecule has 0 unspecified atom stereocenters. The highest BCUT2D eigenvalue weighted by Crippen LogP contribution is 2.37. The van der Waals surface area contributed by atoms with Gasteiger partial charge in [-0.1, -0.05) is 40.4 Å². The smallest absolute Gasteiger partial charge is 0.153 e. The van der Waals surface area contributed by atoms with Crippen LogP contribution in [0.5, 0.6) is 0 Å². The Morgan fingerprint density at radius 1 is 1.41 bits per heavy atom. The third-order valence-electron chi connectivity index (χ3n) is 3.85. The Bertz CT molecular complexity index is 447. The standard InChI is InChI=1S/C14H22O2Si/c1-10(2)12-9-16-13(11(12)8-15)17(6,7)14(3,4)5/h8-9H,1H2,2-7H3. The van der Waals surface area contributed by atoms with Gasteiger partial charge in [-0.3, -0.25) is 4.79 Å². The number of hydrogen-bond donors (Lipinski definition) is 0. The van der Waals surface area contributed by atoms with Crippen molar-refractivity contribution in [3.63, 3.8) is 0 Å². The Kier molecular flexibility index (Phi) is 3.53. The molecule has 17 heavy (non-hydrogen) atoms. The first-order valence-corrected chi connectivity index (χ1v) is 8.86. The van der Waals surface area contributed by atoms with Crippen LogP contribution < -0.4 is 5.38 Å². The van der Waals surface area contributed by atoms with E-state index in [2.05, 4.69) is 40.4 Å². The summed E-state index contributed by atoms with van der Waals surface area (Å²) < 4.78 is 5.71. The van der Waals surface area contributed by atoms with E-state index in [1.807, 2.05) is 6.92 Å². The summed E-state index contributed by atoms with van der Waals surface area (Å²) in [5.41, 5.74) is 2.42. The van der Waals surface area contributed by atoms with Crippen LogP contribution in [-0.4, -0.2) is 14.4 Å². The molecule has 0 amide bonds. The van der Waals surface area contributed by atoms with Gasteiger partial charge < -0.3 is 4.42 Å². The number of carbonyl (C=O) groups is 1. The molecule has 1 aromatic heterocycles. The van der Waals surface area contributed by atoms with Crippen molar-refractivity contribution in [3.8, 4) is 0 Å². The van der Waals surface area contributed by atoms with Gasteiger partial charge in [-0.15, -0.1) is 0 Å². The number of aldehydes is 1. The van der Waals surface area contributed by atoms with Crippen LogP contribution in [0.4, 0.5) is 0 Å². The molecule has 0 radical (unpaired) electrons. The largest absolute Gasteiger partial charge is 0.473 e. The van der Waals surface area contributed by atoms with Crippen molar-refractivity contribution in [1.29, 1.82) is 0 Å². The molecule has 0 saturated carbocycles. The fourth-order valence-corrected chi connectivity index (χ4v) is 3.54. The van der Waals surface area contributed by atoms with Crippen LogP contribution in [0.25, 0.3) is 5.57 Å². The minimum atomic E-state index is -1.81. The summed E-state index contributed by atoms with van der Waals surface area (Å²) in [7, 11) is -1.81. The lowest BCUT2D eigenvalue weighted by Crippen LogP contribution is -2.50. The fraction of sp³-hybridized carbons (Fsp3) is 0.500. The van der Waals surface area contributed by atoms with E-state index in [1.165, 1.54) is 0 Å². The molecule has 94 valence electrons. The number of carbonyl (C=O) groups excluding carboxylic acids is 1. The van der Waals surface area contributed by atoms with Crippen molar-refractivity contribution in [2.45, 2.75) is 45.8 Å². The zero-order chi connectivity index (χ0) is 13.4. The van der Waals surface area contributed by atoms with Gasteiger partial charge in [0.05, 0.1) is 17.2 Å². The quantitative estimate of drug-likeness (QED) is 0.602. The maximum Gasteiger partial charge on any atom is 0.153 e. The van der Waals surface area contributed by atoms with E-state index in [0.717, 1.165) is 22.8 Å². The van der Waals surface area contributed by atoms with Gasteiger partial charge in [0.15, 0.2) is 6.29 Å². The Hall–Kier alpha value is -1.09. The first-order chi connectivity index (χ1) is 7.63. The van der Waals surface area contributed by atoms with Crippen LogP contribution in [0.1, 0.15) is 43.6 Å². The van der Waals surface area contributed by atoms with Gasteiger partial charge in [0.2, 0.25) is 0 Å².